The fraction of sp³-hybridized carbons (Fsp3) is 0.840. The number of hydrogen-bond donors (Lipinski definition) is 2. The molecule has 4 saturated carbocycles. The molecule has 0 bridgehead atoms. The number of hydrogen-bond acceptors (Lipinski definition) is 8. The number of aliphatic hydroxyl groups is 2. The summed E-state index contributed by atoms with van der Waals surface area (Å²) in [6.07, 6.45) is -5.68. The molecule has 1 saturated heterocycles. The summed E-state index contributed by atoms with van der Waals surface area (Å²) in [5.74, 6) is -7.45. The van der Waals surface area contributed by atoms with Gasteiger partial charge in [-0.3, -0.25) is 19.2 Å². The van der Waals surface area contributed by atoms with Gasteiger partial charge in [0.2, 0.25) is 11.6 Å². The topological polar surface area (TPSA) is 127 Å². The molecule has 1 heterocycles. The van der Waals surface area contributed by atoms with Crippen molar-refractivity contribution in [2.24, 2.45) is 28.6 Å². The first kappa shape index (κ1) is 25.0. The van der Waals surface area contributed by atoms with Crippen LogP contribution in [-0.4, -0.2) is 75.9 Å². The highest BCUT2D eigenvalue weighted by Gasteiger charge is 2.82. The molecule has 0 aromatic rings. The van der Waals surface area contributed by atoms with E-state index in [-0.39, 0.29) is 12.8 Å². The Hall–Kier alpha value is -1.62. The highest BCUT2D eigenvalue weighted by atomic mass is 19.1. The van der Waals surface area contributed by atoms with Crippen LogP contribution in [-0.2, 0) is 28.7 Å². The van der Waals surface area contributed by atoms with E-state index >= 15 is 8.78 Å². The second-order valence-electron chi connectivity index (χ2n) is 11.5. The summed E-state index contributed by atoms with van der Waals surface area (Å²) in [6.45, 7) is 3.90. The van der Waals surface area contributed by atoms with Crippen LogP contribution in [0.15, 0.2) is 0 Å². The van der Waals surface area contributed by atoms with Crippen LogP contribution in [0.4, 0.5) is 8.78 Å². The lowest BCUT2D eigenvalue weighted by atomic mass is 9.41. The van der Waals surface area contributed by atoms with Crippen LogP contribution in [0.25, 0.3) is 0 Å². The second kappa shape index (κ2) is 7.69. The third-order valence-corrected chi connectivity index (χ3v) is 10.1. The third-order valence-electron chi connectivity index (χ3n) is 10.1. The van der Waals surface area contributed by atoms with Crippen molar-refractivity contribution >= 4 is 23.1 Å². The van der Waals surface area contributed by atoms with E-state index < -0.39 is 107 Å². The Morgan fingerprint density at radius 3 is 2.49 bits per heavy atom. The number of ether oxygens (including phenoxy) is 2. The maximum atomic E-state index is 17.3. The van der Waals surface area contributed by atoms with Gasteiger partial charge < -0.3 is 19.7 Å². The van der Waals surface area contributed by atoms with Gasteiger partial charge in [0.15, 0.2) is 29.1 Å². The Kier molecular flexibility index (Phi) is 5.51. The molecule has 0 amide bonds. The molecule has 2 unspecified atom stereocenters. The summed E-state index contributed by atoms with van der Waals surface area (Å²) in [7, 11) is 0. The summed E-state index contributed by atoms with van der Waals surface area (Å²) in [5, 5.41) is 21.2. The van der Waals surface area contributed by atoms with E-state index in [9.17, 15) is 29.4 Å². The molecule has 10 heteroatoms. The highest BCUT2D eigenvalue weighted by molar-refractivity contribution is 6.44. The number of ketones is 4. The Bertz CT molecular complexity index is 1000. The minimum Gasteiger partial charge on any atom is -0.390 e. The summed E-state index contributed by atoms with van der Waals surface area (Å²) >= 11 is 0. The molecule has 8 nitrogen and oxygen atoms in total. The van der Waals surface area contributed by atoms with Gasteiger partial charge in [0.05, 0.1) is 30.0 Å². The number of Topliss-reactive ketones (excluding diaryl/α,β-unsaturated/α-hetero) is 4. The van der Waals surface area contributed by atoms with Gasteiger partial charge in [0.25, 0.3) is 0 Å². The number of aliphatic hydroxyl groups excluding tert-OH is 2. The van der Waals surface area contributed by atoms with Gasteiger partial charge >= 0.3 is 0 Å². The Morgan fingerprint density at radius 2 is 1.86 bits per heavy atom. The fourth-order valence-corrected chi connectivity index (χ4v) is 8.57. The SMILES string of the molecule is CCCC1O[C@@H]2C[C@H]3[C@@H]4C[C@H](F)C5C(=O)C(=O)CC(=O)[C@]5(C)[C@@]4(F)[C@@H](O)C[C@]3(C)[C@]2(C(=O)CO)O1. The smallest absolute Gasteiger partial charge is 0.206 e. The lowest BCUT2D eigenvalue weighted by Crippen LogP contribution is -2.76. The van der Waals surface area contributed by atoms with Crippen LogP contribution in [0.1, 0.15) is 59.3 Å². The van der Waals surface area contributed by atoms with Crippen LogP contribution in [0.2, 0.25) is 0 Å². The zero-order chi connectivity index (χ0) is 25.7. The molecular weight excluding hydrogens is 466 g/mol. The fourth-order valence-electron chi connectivity index (χ4n) is 8.57. The first-order valence-corrected chi connectivity index (χ1v) is 12.4. The third kappa shape index (κ3) is 2.69. The van der Waals surface area contributed by atoms with Gasteiger partial charge in [-0.05, 0) is 38.5 Å². The van der Waals surface area contributed by atoms with E-state index in [4.69, 9.17) is 9.47 Å². The highest BCUT2D eigenvalue weighted by Crippen LogP contribution is 2.72. The maximum Gasteiger partial charge on any atom is 0.206 e. The molecule has 11 atom stereocenters. The van der Waals surface area contributed by atoms with Crippen LogP contribution >= 0.6 is 0 Å². The predicted molar refractivity (Wildman–Crippen MR) is 114 cm³/mol. The standard InChI is InChI=1S/C25H32F2O8/c1-4-5-19-34-18-7-11-12-6-13(26)20-21(33)14(29)8-15(30)23(20,3)24(12,27)16(31)9-22(11,2)25(18,35-19)17(32)10-28/h11-13,16,18-20,28,31H,4-10H2,1-3H3/t11-,12-,13-,16-,18+,19?,20?,22-,23-,24-,25+/m0/s1. The molecule has 0 aromatic carbocycles. The summed E-state index contributed by atoms with van der Waals surface area (Å²) in [5.41, 5.74) is -7.79. The molecule has 194 valence electrons. The zero-order valence-electron chi connectivity index (χ0n) is 20.1. The molecule has 35 heavy (non-hydrogen) atoms. The quantitative estimate of drug-likeness (QED) is 0.440. The molecule has 1 aliphatic heterocycles. The minimum absolute atomic E-state index is 0.111. The van der Waals surface area contributed by atoms with Gasteiger partial charge in [0, 0.05) is 11.3 Å². The number of rotatable bonds is 4. The van der Waals surface area contributed by atoms with Crippen molar-refractivity contribution in [1.82, 2.24) is 0 Å². The van der Waals surface area contributed by atoms with E-state index in [2.05, 4.69) is 0 Å². The van der Waals surface area contributed by atoms with Crippen molar-refractivity contribution in [1.29, 1.82) is 0 Å². The number of carbonyl (C=O) groups excluding carboxylic acids is 4. The van der Waals surface area contributed by atoms with Crippen molar-refractivity contribution in [3.05, 3.63) is 0 Å². The molecule has 5 rings (SSSR count). The van der Waals surface area contributed by atoms with Gasteiger partial charge in [-0.2, -0.15) is 0 Å². The van der Waals surface area contributed by atoms with Crippen molar-refractivity contribution < 1.29 is 47.6 Å². The van der Waals surface area contributed by atoms with Crippen molar-refractivity contribution in [2.45, 2.75) is 95.2 Å². The van der Waals surface area contributed by atoms with Crippen LogP contribution in [0.5, 0.6) is 0 Å². The monoisotopic (exact) mass is 498 g/mol. The van der Waals surface area contributed by atoms with Gasteiger partial charge in [0.1, 0.15) is 12.8 Å². The number of fused-ring (bicyclic) bond motifs is 7. The molecular formula is C25H32F2O8. The van der Waals surface area contributed by atoms with Gasteiger partial charge in [-0.25, -0.2) is 8.78 Å². The maximum absolute atomic E-state index is 17.3. The van der Waals surface area contributed by atoms with Crippen LogP contribution in [0.3, 0.4) is 0 Å². The lowest BCUT2D eigenvalue weighted by molar-refractivity contribution is -0.259. The predicted octanol–water partition coefficient (Wildman–Crippen LogP) is 1.42. The van der Waals surface area contributed by atoms with Crippen LogP contribution in [0, 0.1) is 28.6 Å². The molecule has 5 aliphatic rings. The van der Waals surface area contributed by atoms with E-state index in [1.807, 2.05) is 6.92 Å². The lowest BCUT2D eigenvalue weighted by Gasteiger charge is -2.64. The molecule has 4 aliphatic carbocycles. The Morgan fingerprint density at radius 1 is 1.17 bits per heavy atom. The van der Waals surface area contributed by atoms with E-state index in [0.717, 1.165) is 6.92 Å². The van der Waals surface area contributed by atoms with Crippen molar-refractivity contribution in [3.8, 4) is 0 Å². The average Bonchev–Trinajstić information content (AvgIpc) is 3.27. The molecule has 0 radical (unpaired) electrons. The second-order valence-corrected chi connectivity index (χ2v) is 11.5. The van der Waals surface area contributed by atoms with E-state index in [1.165, 1.54) is 0 Å². The Balaban J connectivity index is 1.63. The summed E-state index contributed by atoms with van der Waals surface area (Å²) < 4.78 is 45.2. The average molecular weight is 499 g/mol. The largest absolute Gasteiger partial charge is 0.390 e. The molecule has 0 aromatic heterocycles. The first-order chi connectivity index (χ1) is 16.3. The van der Waals surface area contributed by atoms with Crippen molar-refractivity contribution in [3.63, 3.8) is 0 Å². The first-order valence-electron chi connectivity index (χ1n) is 12.4. The summed E-state index contributed by atoms with van der Waals surface area (Å²) in [4.78, 5) is 51.1. The van der Waals surface area contributed by atoms with E-state index in [1.54, 1.807) is 6.92 Å². The number of alkyl halides is 2. The Labute approximate surface area is 201 Å². The molecule has 2 N–H and O–H groups in total. The van der Waals surface area contributed by atoms with Gasteiger partial charge in [-0.15, -0.1) is 0 Å². The summed E-state index contributed by atoms with van der Waals surface area (Å²) in [6, 6.07) is 0. The van der Waals surface area contributed by atoms with E-state index in [0.29, 0.717) is 12.8 Å². The van der Waals surface area contributed by atoms with Crippen LogP contribution < -0.4 is 0 Å². The number of halogens is 2. The molecule has 0 spiro atoms. The van der Waals surface area contributed by atoms with Gasteiger partial charge in [-0.1, -0.05) is 20.3 Å². The normalized spacial score (nSPS) is 53.1. The minimum atomic E-state index is -2.69. The molecule has 5 fully saturated rings. The number of carbonyl (C=O) groups is 4. The zero-order valence-corrected chi connectivity index (χ0v) is 20.1. The van der Waals surface area contributed by atoms with Crippen molar-refractivity contribution in [2.75, 3.05) is 6.61 Å².